The minimum atomic E-state index is 0.293. The molecule has 5 nitrogen and oxygen atoms in total. The quantitative estimate of drug-likeness (QED) is 0.788. The molecule has 1 fully saturated rings. The van der Waals surface area contributed by atoms with E-state index >= 15 is 0 Å². The van der Waals surface area contributed by atoms with E-state index < -0.39 is 0 Å². The Bertz CT molecular complexity index is 810. The van der Waals surface area contributed by atoms with Crippen molar-refractivity contribution >= 4 is 17.0 Å². The Kier molecular flexibility index (Phi) is 3.63. The second-order valence-electron chi connectivity index (χ2n) is 5.93. The Morgan fingerprint density at radius 3 is 2.52 bits per heavy atom. The number of nitrogens with two attached hydrogens (primary N) is 1. The summed E-state index contributed by atoms with van der Waals surface area (Å²) in [5.41, 5.74) is 9.69. The summed E-state index contributed by atoms with van der Waals surface area (Å²) in [6.45, 7) is 1.81. The fraction of sp³-hybridized carbons (Fsp3) is 0.278. The normalized spacial score (nSPS) is 16.0. The molecule has 0 unspecified atom stereocenters. The molecule has 3 aromatic rings. The lowest BCUT2D eigenvalue weighted by molar-refractivity contribution is 0.496. The van der Waals surface area contributed by atoms with E-state index in [1.54, 1.807) is 6.20 Å². The van der Waals surface area contributed by atoms with Crippen molar-refractivity contribution in [2.24, 2.45) is 5.73 Å². The first-order valence-electron chi connectivity index (χ1n) is 8.00. The molecule has 1 aromatic carbocycles. The summed E-state index contributed by atoms with van der Waals surface area (Å²) in [6, 6.07) is 14.4. The lowest BCUT2D eigenvalue weighted by Gasteiger charge is -2.30. The molecule has 0 spiro atoms. The van der Waals surface area contributed by atoms with Gasteiger partial charge in [-0.05, 0) is 25.0 Å². The van der Waals surface area contributed by atoms with Crippen LogP contribution in [0.5, 0.6) is 0 Å². The highest BCUT2D eigenvalue weighted by Gasteiger charge is 2.20. The second-order valence-corrected chi connectivity index (χ2v) is 5.93. The SMILES string of the molecule is NC1CCN(c2nc(-c3ccccc3)c3ncccc3n2)CC1. The Balaban J connectivity index is 1.84. The molecule has 1 saturated heterocycles. The molecule has 2 N–H and O–H groups in total. The fourth-order valence-corrected chi connectivity index (χ4v) is 2.99. The molecule has 0 radical (unpaired) electrons. The van der Waals surface area contributed by atoms with E-state index in [1.807, 2.05) is 30.3 Å². The van der Waals surface area contributed by atoms with Crippen molar-refractivity contribution in [2.75, 3.05) is 18.0 Å². The van der Waals surface area contributed by atoms with Gasteiger partial charge < -0.3 is 10.6 Å². The molecule has 23 heavy (non-hydrogen) atoms. The van der Waals surface area contributed by atoms with Crippen LogP contribution in [0.3, 0.4) is 0 Å². The van der Waals surface area contributed by atoms with Gasteiger partial charge >= 0.3 is 0 Å². The van der Waals surface area contributed by atoms with Crippen molar-refractivity contribution in [1.29, 1.82) is 0 Å². The van der Waals surface area contributed by atoms with Crippen LogP contribution in [0.2, 0.25) is 0 Å². The van der Waals surface area contributed by atoms with Gasteiger partial charge in [0, 0.05) is 30.9 Å². The average Bonchev–Trinajstić information content (AvgIpc) is 2.62. The third kappa shape index (κ3) is 2.75. The highest BCUT2D eigenvalue weighted by Crippen LogP contribution is 2.27. The number of hydrogen-bond acceptors (Lipinski definition) is 5. The minimum absolute atomic E-state index is 0.293. The second kappa shape index (κ2) is 5.93. The van der Waals surface area contributed by atoms with Crippen molar-refractivity contribution in [3.05, 3.63) is 48.7 Å². The number of benzene rings is 1. The van der Waals surface area contributed by atoms with Gasteiger partial charge in [0.05, 0.1) is 5.52 Å². The van der Waals surface area contributed by atoms with Crippen LogP contribution in [-0.4, -0.2) is 34.1 Å². The molecule has 3 heterocycles. The first-order chi connectivity index (χ1) is 11.3. The summed E-state index contributed by atoms with van der Waals surface area (Å²) in [5.74, 6) is 0.774. The number of hydrogen-bond donors (Lipinski definition) is 1. The highest BCUT2D eigenvalue weighted by atomic mass is 15.3. The van der Waals surface area contributed by atoms with Crippen molar-refractivity contribution in [2.45, 2.75) is 18.9 Å². The Labute approximate surface area is 135 Å². The van der Waals surface area contributed by atoms with Gasteiger partial charge in [-0.25, -0.2) is 9.97 Å². The molecule has 2 aromatic heterocycles. The lowest BCUT2D eigenvalue weighted by Crippen LogP contribution is -2.40. The minimum Gasteiger partial charge on any atom is -0.341 e. The van der Waals surface area contributed by atoms with E-state index in [1.165, 1.54) is 0 Å². The number of pyridine rings is 1. The van der Waals surface area contributed by atoms with Crippen molar-refractivity contribution < 1.29 is 0 Å². The summed E-state index contributed by atoms with van der Waals surface area (Å²) in [6.07, 6.45) is 3.75. The standard InChI is InChI=1S/C18H19N5/c19-14-8-11-23(12-9-14)18-21-15-7-4-10-20-17(15)16(22-18)13-5-2-1-3-6-13/h1-7,10,14H,8-9,11-12,19H2. The van der Waals surface area contributed by atoms with E-state index in [9.17, 15) is 0 Å². The highest BCUT2D eigenvalue weighted by molar-refractivity contribution is 5.89. The van der Waals surface area contributed by atoms with Gasteiger partial charge in [0.15, 0.2) is 0 Å². The molecule has 1 aliphatic rings. The topological polar surface area (TPSA) is 67.9 Å². The monoisotopic (exact) mass is 305 g/mol. The first kappa shape index (κ1) is 14.1. The van der Waals surface area contributed by atoms with Crippen LogP contribution < -0.4 is 10.6 Å². The van der Waals surface area contributed by atoms with Crippen LogP contribution in [0, 0.1) is 0 Å². The summed E-state index contributed by atoms with van der Waals surface area (Å²) < 4.78 is 0. The van der Waals surface area contributed by atoms with Gasteiger partial charge in [0.25, 0.3) is 0 Å². The van der Waals surface area contributed by atoms with Crippen molar-refractivity contribution in [1.82, 2.24) is 15.0 Å². The molecule has 116 valence electrons. The zero-order valence-corrected chi connectivity index (χ0v) is 12.9. The number of fused-ring (bicyclic) bond motifs is 1. The van der Waals surface area contributed by atoms with Gasteiger partial charge in [-0.3, -0.25) is 4.98 Å². The number of nitrogens with zero attached hydrogens (tertiary/aromatic N) is 4. The summed E-state index contributed by atoms with van der Waals surface area (Å²) in [4.78, 5) is 16.3. The van der Waals surface area contributed by atoms with E-state index in [4.69, 9.17) is 15.7 Å². The number of aromatic nitrogens is 3. The van der Waals surface area contributed by atoms with Crippen LogP contribution in [0.15, 0.2) is 48.7 Å². The summed E-state index contributed by atoms with van der Waals surface area (Å²) >= 11 is 0. The maximum Gasteiger partial charge on any atom is 0.226 e. The molecule has 0 aliphatic carbocycles. The molecule has 0 saturated carbocycles. The largest absolute Gasteiger partial charge is 0.341 e. The van der Waals surface area contributed by atoms with Gasteiger partial charge in [-0.15, -0.1) is 0 Å². The van der Waals surface area contributed by atoms with Gasteiger partial charge in [0.2, 0.25) is 5.95 Å². The van der Waals surface area contributed by atoms with Gasteiger partial charge in [-0.2, -0.15) is 0 Å². The summed E-state index contributed by atoms with van der Waals surface area (Å²) in [7, 11) is 0. The van der Waals surface area contributed by atoms with E-state index in [0.29, 0.717) is 6.04 Å². The molecule has 0 atom stereocenters. The third-order valence-corrected chi connectivity index (χ3v) is 4.31. The van der Waals surface area contributed by atoms with Crippen molar-refractivity contribution in [3.8, 4) is 11.3 Å². The molecule has 4 rings (SSSR count). The predicted octanol–water partition coefficient (Wildman–Crippen LogP) is 2.62. The zero-order valence-electron chi connectivity index (χ0n) is 12.9. The Morgan fingerprint density at radius 1 is 0.957 bits per heavy atom. The Hall–Kier alpha value is -2.53. The maximum absolute atomic E-state index is 6.01. The molecular formula is C18H19N5. The van der Waals surface area contributed by atoms with Crippen molar-refractivity contribution in [3.63, 3.8) is 0 Å². The number of piperidine rings is 1. The number of anilines is 1. The zero-order chi connectivity index (χ0) is 15.6. The van der Waals surface area contributed by atoms with E-state index in [0.717, 1.165) is 54.2 Å². The van der Waals surface area contributed by atoms with Gasteiger partial charge in [-0.1, -0.05) is 30.3 Å². The molecule has 5 heteroatoms. The predicted molar refractivity (Wildman–Crippen MR) is 92.2 cm³/mol. The van der Waals surface area contributed by atoms with E-state index in [-0.39, 0.29) is 0 Å². The van der Waals surface area contributed by atoms with Crippen LogP contribution in [0.1, 0.15) is 12.8 Å². The van der Waals surface area contributed by atoms with Crippen LogP contribution in [0.4, 0.5) is 5.95 Å². The summed E-state index contributed by atoms with van der Waals surface area (Å²) in [5, 5.41) is 0. The molecular weight excluding hydrogens is 286 g/mol. The smallest absolute Gasteiger partial charge is 0.226 e. The van der Waals surface area contributed by atoms with Crippen LogP contribution in [0.25, 0.3) is 22.3 Å². The fourth-order valence-electron chi connectivity index (χ4n) is 2.99. The lowest BCUT2D eigenvalue weighted by atomic mass is 10.1. The maximum atomic E-state index is 6.01. The van der Waals surface area contributed by atoms with E-state index in [2.05, 4.69) is 22.0 Å². The third-order valence-electron chi connectivity index (χ3n) is 4.31. The molecule has 0 amide bonds. The van der Waals surface area contributed by atoms with Gasteiger partial charge in [0.1, 0.15) is 11.2 Å². The Morgan fingerprint density at radius 2 is 1.74 bits per heavy atom. The average molecular weight is 305 g/mol. The van der Waals surface area contributed by atoms with Crippen LogP contribution in [-0.2, 0) is 0 Å². The van der Waals surface area contributed by atoms with Crippen LogP contribution >= 0.6 is 0 Å². The molecule has 1 aliphatic heterocycles. The first-order valence-corrected chi connectivity index (χ1v) is 8.00. The number of rotatable bonds is 2. The molecule has 0 bridgehead atoms.